The highest BCUT2D eigenvalue weighted by Gasteiger charge is 2.14. The van der Waals surface area contributed by atoms with Crippen LogP contribution in [0, 0.1) is 0 Å². The number of amides is 1. The van der Waals surface area contributed by atoms with Gasteiger partial charge in [-0.3, -0.25) is 9.69 Å². The molecule has 4 rings (SSSR count). The van der Waals surface area contributed by atoms with Crippen LogP contribution in [0.3, 0.4) is 0 Å². The van der Waals surface area contributed by atoms with E-state index in [0.717, 1.165) is 60.7 Å². The highest BCUT2D eigenvalue weighted by Crippen LogP contribution is 2.25. The minimum atomic E-state index is -0.0206. The predicted octanol–water partition coefficient (Wildman–Crippen LogP) is 1.90. The van der Waals surface area contributed by atoms with E-state index in [-0.39, 0.29) is 5.91 Å². The largest absolute Gasteiger partial charge is 0.379 e. The summed E-state index contributed by atoms with van der Waals surface area (Å²) in [6.45, 7) is 5.43. The summed E-state index contributed by atoms with van der Waals surface area (Å²) in [6.07, 6.45) is 1.90. The highest BCUT2D eigenvalue weighted by atomic mass is 32.1. The van der Waals surface area contributed by atoms with Gasteiger partial charge in [0.2, 0.25) is 10.1 Å². The molecule has 3 aromatic rings. The van der Waals surface area contributed by atoms with Crippen LogP contribution in [0.25, 0.3) is 16.2 Å². The van der Waals surface area contributed by atoms with Crippen molar-refractivity contribution >= 4 is 27.3 Å². The maximum atomic E-state index is 12.2. The number of ether oxygens (including phenoxy) is 1. The van der Waals surface area contributed by atoms with Gasteiger partial charge < -0.3 is 15.0 Å². The summed E-state index contributed by atoms with van der Waals surface area (Å²) in [5, 5.41) is 8.81. The van der Waals surface area contributed by atoms with Crippen LogP contribution in [0.1, 0.15) is 10.4 Å². The predicted molar refractivity (Wildman–Crippen MR) is 110 cm³/mol. The van der Waals surface area contributed by atoms with Gasteiger partial charge in [0.15, 0.2) is 0 Å². The van der Waals surface area contributed by atoms with E-state index in [1.54, 1.807) is 23.5 Å². The number of fused-ring (bicyclic) bond motifs is 1. The lowest BCUT2D eigenvalue weighted by Crippen LogP contribution is -2.39. The molecular weight excluding hydrogens is 376 g/mol. The van der Waals surface area contributed by atoms with E-state index >= 15 is 0 Å². The van der Waals surface area contributed by atoms with Crippen molar-refractivity contribution in [3.05, 3.63) is 36.0 Å². The van der Waals surface area contributed by atoms with Crippen LogP contribution in [0.5, 0.6) is 0 Å². The Morgan fingerprint density at radius 1 is 1.32 bits per heavy atom. The quantitative estimate of drug-likeness (QED) is 0.681. The number of hydrogen-bond donors (Lipinski definition) is 1. The second kappa shape index (κ2) is 8.26. The van der Waals surface area contributed by atoms with Gasteiger partial charge in [0.05, 0.1) is 25.1 Å². The average Bonchev–Trinajstić information content (AvgIpc) is 3.27. The molecule has 0 atom stereocenters. The van der Waals surface area contributed by atoms with Gasteiger partial charge in [0.25, 0.3) is 5.91 Å². The molecule has 1 aliphatic rings. The van der Waals surface area contributed by atoms with E-state index in [9.17, 15) is 4.79 Å². The van der Waals surface area contributed by atoms with E-state index in [1.807, 2.05) is 30.5 Å². The topological polar surface area (TPSA) is 75.0 Å². The lowest BCUT2D eigenvalue weighted by molar-refractivity contribution is 0.0398. The fourth-order valence-corrected chi connectivity index (χ4v) is 3.93. The first kappa shape index (κ1) is 18.9. The second-order valence-electron chi connectivity index (χ2n) is 6.92. The van der Waals surface area contributed by atoms with Gasteiger partial charge in [-0.15, -0.1) is 5.10 Å². The first-order valence-electron chi connectivity index (χ1n) is 9.32. The van der Waals surface area contributed by atoms with Gasteiger partial charge in [-0.2, -0.15) is 0 Å². The van der Waals surface area contributed by atoms with Crippen LogP contribution in [-0.4, -0.2) is 83.8 Å². The summed E-state index contributed by atoms with van der Waals surface area (Å²) in [5.41, 5.74) is 2.37. The number of carbonyl (C=O) groups is 1. The monoisotopic (exact) mass is 400 g/mol. The van der Waals surface area contributed by atoms with Crippen molar-refractivity contribution in [3.63, 3.8) is 0 Å². The molecule has 0 saturated carbocycles. The number of morpholine rings is 1. The third kappa shape index (κ3) is 4.16. The maximum absolute atomic E-state index is 12.2. The lowest BCUT2D eigenvalue weighted by atomic mass is 10.1. The number of benzene rings is 1. The molecule has 1 N–H and O–H groups in total. The summed E-state index contributed by atoms with van der Waals surface area (Å²) < 4.78 is 7.16. The molecule has 28 heavy (non-hydrogen) atoms. The fourth-order valence-electron chi connectivity index (χ4n) is 3.13. The van der Waals surface area contributed by atoms with Crippen LogP contribution in [0.2, 0.25) is 0 Å². The third-order valence-electron chi connectivity index (χ3n) is 4.66. The van der Waals surface area contributed by atoms with Crippen molar-refractivity contribution in [3.8, 4) is 11.3 Å². The molecule has 148 valence electrons. The van der Waals surface area contributed by atoms with Crippen LogP contribution in [-0.2, 0) is 4.74 Å². The van der Waals surface area contributed by atoms with Crippen molar-refractivity contribution in [1.82, 2.24) is 24.4 Å². The van der Waals surface area contributed by atoms with Crippen molar-refractivity contribution in [2.45, 2.75) is 0 Å². The number of anilines is 1. The van der Waals surface area contributed by atoms with E-state index in [4.69, 9.17) is 4.74 Å². The standard InChI is InChI=1S/C19H24N6O2S/c1-23(2)17(26)15-5-3-4-14(12-15)16-13-25-19(21-16)28-18(22-25)20-6-7-24-8-10-27-11-9-24/h3-5,12-13H,6-11H2,1-2H3,(H,20,22). The number of nitrogens with zero attached hydrogens (tertiary/aromatic N) is 5. The van der Waals surface area contributed by atoms with Crippen molar-refractivity contribution < 1.29 is 9.53 Å². The summed E-state index contributed by atoms with van der Waals surface area (Å²) in [6, 6.07) is 7.53. The highest BCUT2D eigenvalue weighted by molar-refractivity contribution is 7.20. The Bertz CT molecular complexity index is 929. The minimum Gasteiger partial charge on any atom is -0.379 e. The smallest absolute Gasteiger partial charge is 0.253 e. The SMILES string of the molecule is CN(C)C(=O)c1cccc(-c2cn3nc(NCCN4CCOCC4)sc3n2)c1. The normalized spacial score (nSPS) is 15.1. The Morgan fingerprint density at radius 3 is 2.89 bits per heavy atom. The molecule has 1 aromatic carbocycles. The molecule has 1 saturated heterocycles. The molecule has 0 radical (unpaired) electrons. The molecule has 3 heterocycles. The number of aromatic nitrogens is 3. The van der Waals surface area contributed by atoms with Gasteiger partial charge in [0.1, 0.15) is 0 Å². The zero-order valence-corrected chi connectivity index (χ0v) is 16.9. The number of carbonyl (C=O) groups excluding carboxylic acids is 1. The lowest BCUT2D eigenvalue weighted by Gasteiger charge is -2.26. The minimum absolute atomic E-state index is 0.0206. The third-order valence-corrected chi connectivity index (χ3v) is 5.54. The maximum Gasteiger partial charge on any atom is 0.253 e. The van der Waals surface area contributed by atoms with Crippen LogP contribution in [0.15, 0.2) is 30.5 Å². The summed E-state index contributed by atoms with van der Waals surface area (Å²) in [5.74, 6) is -0.0206. The molecule has 1 fully saturated rings. The van der Waals surface area contributed by atoms with Crippen LogP contribution >= 0.6 is 11.3 Å². The fraction of sp³-hybridized carbons (Fsp3) is 0.421. The molecule has 1 amide bonds. The summed E-state index contributed by atoms with van der Waals surface area (Å²) in [7, 11) is 3.50. The van der Waals surface area contributed by atoms with E-state index < -0.39 is 0 Å². The summed E-state index contributed by atoms with van der Waals surface area (Å²) >= 11 is 1.53. The molecule has 2 aromatic heterocycles. The van der Waals surface area contributed by atoms with E-state index in [0.29, 0.717) is 5.56 Å². The molecule has 8 nitrogen and oxygen atoms in total. The van der Waals surface area contributed by atoms with Gasteiger partial charge in [-0.05, 0) is 12.1 Å². The first-order valence-corrected chi connectivity index (χ1v) is 10.1. The zero-order valence-electron chi connectivity index (χ0n) is 16.1. The van der Waals surface area contributed by atoms with Gasteiger partial charge in [0, 0.05) is 51.4 Å². The number of nitrogens with one attached hydrogen (secondary N) is 1. The van der Waals surface area contributed by atoms with E-state index in [2.05, 4.69) is 20.3 Å². The van der Waals surface area contributed by atoms with E-state index in [1.165, 1.54) is 11.3 Å². The van der Waals surface area contributed by atoms with Crippen LogP contribution in [0.4, 0.5) is 5.13 Å². The van der Waals surface area contributed by atoms with Gasteiger partial charge >= 0.3 is 0 Å². The average molecular weight is 401 g/mol. The molecule has 0 aliphatic carbocycles. The molecule has 0 bridgehead atoms. The second-order valence-corrected chi connectivity index (χ2v) is 7.88. The number of imidazole rings is 1. The first-order chi connectivity index (χ1) is 13.6. The number of rotatable bonds is 6. The Morgan fingerprint density at radius 2 is 2.14 bits per heavy atom. The Hall–Kier alpha value is -2.49. The van der Waals surface area contributed by atoms with Crippen LogP contribution < -0.4 is 5.32 Å². The molecule has 9 heteroatoms. The summed E-state index contributed by atoms with van der Waals surface area (Å²) in [4.78, 5) is 21.6. The van der Waals surface area contributed by atoms with Crippen molar-refractivity contribution in [1.29, 1.82) is 0 Å². The Labute approximate surface area is 167 Å². The van der Waals surface area contributed by atoms with Gasteiger partial charge in [-0.1, -0.05) is 23.5 Å². The van der Waals surface area contributed by atoms with Crippen molar-refractivity contribution in [2.24, 2.45) is 0 Å². The molecular formula is C19H24N6O2S. The Balaban J connectivity index is 1.42. The van der Waals surface area contributed by atoms with Gasteiger partial charge in [-0.25, -0.2) is 9.50 Å². The molecule has 0 spiro atoms. The van der Waals surface area contributed by atoms with Crippen molar-refractivity contribution in [2.75, 3.05) is 58.8 Å². The number of hydrogen-bond acceptors (Lipinski definition) is 7. The molecule has 0 unspecified atom stereocenters. The zero-order chi connectivity index (χ0) is 19.5. The molecule has 1 aliphatic heterocycles. The Kier molecular flexibility index (Phi) is 5.56.